The molecule has 114 valence electrons. The normalized spacial score (nSPS) is 10.1. The Kier molecular flexibility index (Phi) is 4.31. The third kappa shape index (κ3) is 3.35. The summed E-state index contributed by atoms with van der Waals surface area (Å²) in [6.07, 6.45) is 0. The molecule has 0 saturated heterocycles. The molecule has 0 aliphatic rings. The van der Waals surface area contributed by atoms with E-state index in [2.05, 4.69) is 0 Å². The zero-order valence-corrected chi connectivity index (χ0v) is 12.0. The van der Waals surface area contributed by atoms with Gasteiger partial charge in [0, 0.05) is 19.4 Å². The molecule has 0 spiro atoms. The molecular formula is C16H14O6. The minimum atomic E-state index is -0.578. The molecule has 0 amide bonds. The van der Waals surface area contributed by atoms with E-state index in [1.807, 2.05) is 0 Å². The van der Waals surface area contributed by atoms with Crippen LogP contribution in [0, 0.1) is 0 Å². The van der Waals surface area contributed by atoms with Crippen LogP contribution in [-0.2, 0) is 9.59 Å². The molecule has 0 aliphatic heterocycles. The van der Waals surface area contributed by atoms with Crippen molar-refractivity contribution in [3.05, 3.63) is 36.4 Å². The lowest BCUT2D eigenvalue weighted by molar-refractivity contribution is -0.134. The lowest BCUT2D eigenvalue weighted by atomic mass is 10.0. The number of para-hydroxylation sites is 1. The third-order valence-electron chi connectivity index (χ3n) is 2.78. The Morgan fingerprint density at radius 2 is 1.55 bits per heavy atom. The second-order valence-corrected chi connectivity index (χ2v) is 4.52. The molecule has 0 fully saturated rings. The number of hydrogen-bond donors (Lipinski definition) is 2. The maximum absolute atomic E-state index is 11.2. The van der Waals surface area contributed by atoms with Crippen LogP contribution in [0.15, 0.2) is 36.4 Å². The fraction of sp³-hybridized carbons (Fsp3) is 0.125. The fourth-order valence-electron chi connectivity index (χ4n) is 1.91. The van der Waals surface area contributed by atoms with E-state index in [1.54, 1.807) is 18.2 Å². The summed E-state index contributed by atoms with van der Waals surface area (Å²) in [5, 5.41) is 19.4. The summed E-state index contributed by atoms with van der Waals surface area (Å²) in [5.74, 6) is -1.56. The van der Waals surface area contributed by atoms with E-state index >= 15 is 0 Å². The molecule has 2 rings (SSSR count). The van der Waals surface area contributed by atoms with Crippen molar-refractivity contribution in [3.8, 4) is 34.1 Å². The standard InChI is InChI=1S/C16H14O6/c1-9(17)21-14-7-6-11(8-15(14)22-10(2)18)12-4-3-5-13(19)16(12)20/h3-8,19-20H,1-2H3. The van der Waals surface area contributed by atoms with Crippen LogP contribution < -0.4 is 9.47 Å². The molecule has 2 aromatic carbocycles. The minimum Gasteiger partial charge on any atom is -0.504 e. The van der Waals surface area contributed by atoms with E-state index in [0.29, 0.717) is 11.1 Å². The summed E-state index contributed by atoms with van der Waals surface area (Å²) < 4.78 is 9.98. The van der Waals surface area contributed by atoms with Crippen LogP contribution in [0.4, 0.5) is 0 Å². The summed E-state index contributed by atoms with van der Waals surface area (Å²) >= 11 is 0. The number of carbonyl (C=O) groups is 2. The fourth-order valence-corrected chi connectivity index (χ4v) is 1.91. The first-order valence-corrected chi connectivity index (χ1v) is 6.40. The van der Waals surface area contributed by atoms with Gasteiger partial charge in [-0.2, -0.15) is 0 Å². The molecular weight excluding hydrogens is 288 g/mol. The van der Waals surface area contributed by atoms with Gasteiger partial charge in [-0.05, 0) is 23.8 Å². The van der Waals surface area contributed by atoms with Gasteiger partial charge in [0.2, 0.25) is 0 Å². The number of benzene rings is 2. The van der Waals surface area contributed by atoms with Gasteiger partial charge < -0.3 is 19.7 Å². The predicted octanol–water partition coefficient (Wildman–Crippen LogP) is 2.62. The van der Waals surface area contributed by atoms with Gasteiger partial charge in [-0.1, -0.05) is 18.2 Å². The van der Waals surface area contributed by atoms with Crippen LogP contribution in [0.25, 0.3) is 11.1 Å². The summed E-state index contributed by atoms with van der Waals surface area (Å²) in [7, 11) is 0. The molecule has 0 radical (unpaired) electrons. The molecule has 22 heavy (non-hydrogen) atoms. The number of phenols is 2. The molecule has 6 nitrogen and oxygen atoms in total. The Bertz CT molecular complexity index is 735. The average molecular weight is 302 g/mol. The molecule has 0 atom stereocenters. The summed E-state index contributed by atoms with van der Waals surface area (Å²) in [5.41, 5.74) is 0.836. The molecule has 2 N–H and O–H groups in total. The Hall–Kier alpha value is -3.02. The van der Waals surface area contributed by atoms with Crippen LogP contribution >= 0.6 is 0 Å². The number of rotatable bonds is 3. The molecule has 0 bridgehead atoms. The Balaban J connectivity index is 2.52. The quantitative estimate of drug-likeness (QED) is 0.514. The number of ether oxygens (including phenoxy) is 2. The van der Waals surface area contributed by atoms with E-state index in [0.717, 1.165) is 0 Å². The minimum absolute atomic E-state index is 0.0444. The first-order chi connectivity index (χ1) is 10.4. The average Bonchev–Trinajstić information content (AvgIpc) is 2.43. The van der Waals surface area contributed by atoms with E-state index in [9.17, 15) is 19.8 Å². The lowest BCUT2D eigenvalue weighted by Gasteiger charge is -2.12. The van der Waals surface area contributed by atoms with Crippen molar-refractivity contribution in [3.63, 3.8) is 0 Å². The largest absolute Gasteiger partial charge is 0.504 e. The predicted molar refractivity (Wildman–Crippen MR) is 77.8 cm³/mol. The van der Waals surface area contributed by atoms with Gasteiger partial charge in [0.25, 0.3) is 0 Å². The van der Waals surface area contributed by atoms with Crippen molar-refractivity contribution in [2.75, 3.05) is 0 Å². The second-order valence-electron chi connectivity index (χ2n) is 4.52. The molecule has 0 aromatic heterocycles. The molecule has 0 saturated carbocycles. The van der Waals surface area contributed by atoms with Gasteiger partial charge in [0.05, 0.1) is 0 Å². The molecule has 0 aliphatic carbocycles. The van der Waals surface area contributed by atoms with Crippen LogP contribution in [-0.4, -0.2) is 22.2 Å². The highest BCUT2D eigenvalue weighted by Crippen LogP contribution is 2.39. The van der Waals surface area contributed by atoms with Crippen LogP contribution in [0.2, 0.25) is 0 Å². The first-order valence-electron chi connectivity index (χ1n) is 6.40. The SMILES string of the molecule is CC(=O)Oc1ccc(-c2cccc(O)c2O)cc1OC(C)=O. The Morgan fingerprint density at radius 1 is 0.909 bits per heavy atom. The van der Waals surface area contributed by atoms with Crippen molar-refractivity contribution >= 4 is 11.9 Å². The summed E-state index contributed by atoms with van der Waals surface area (Å²) in [6, 6.07) is 8.95. The maximum atomic E-state index is 11.2. The third-order valence-corrected chi connectivity index (χ3v) is 2.78. The van der Waals surface area contributed by atoms with Gasteiger partial charge >= 0.3 is 11.9 Å². The molecule has 2 aromatic rings. The lowest BCUT2D eigenvalue weighted by Crippen LogP contribution is -2.07. The number of carbonyl (C=O) groups excluding carboxylic acids is 2. The van der Waals surface area contributed by atoms with Gasteiger partial charge in [0.1, 0.15) is 0 Å². The van der Waals surface area contributed by atoms with Crippen molar-refractivity contribution in [2.45, 2.75) is 13.8 Å². The highest BCUT2D eigenvalue weighted by Gasteiger charge is 2.14. The van der Waals surface area contributed by atoms with E-state index in [1.165, 1.54) is 32.0 Å². The van der Waals surface area contributed by atoms with Crippen LogP contribution in [0.1, 0.15) is 13.8 Å². The van der Waals surface area contributed by atoms with Gasteiger partial charge in [0.15, 0.2) is 23.0 Å². The summed E-state index contributed by atoms with van der Waals surface area (Å²) in [4.78, 5) is 22.2. The van der Waals surface area contributed by atoms with Gasteiger partial charge in [-0.15, -0.1) is 0 Å². The van der Waals surface area contributed by atoms with Crippen LogP contribution in [0.3, 0.4) is 0 Å². The smallest absolute Gasteiger partial charge is 0.308 e. The zero-order valence-electron chi connectivity index (χ0n) is 12.0. The topological polar surface area (TPSA) is 93.1 Å². The van der Waals surface area contributed by atoms with Crippen molar-refractivity contribution < 1.29 is 29.3 Å². The molecule has 6 heteroatoms. The number of phenolic OH excluding ortho intramolecular Hbond substituents is 2. The van der Waals surface area contributed by atoms with E-state index < -0.39 is 11.9 Å². The number of esters is 2. The molecule has 0 heterocycles. The first kappa shape index (κ1) is 15.4. The Labute approximate surface area is 126 Å². The van der Waals surface area contributed by atoms with E-state index in [-0.39, 0.29) is 23.0 Å². The maximum Gasteiger partial charge on any atom is 0.308 e. The Morgan fingerprint density at radius 3 is 2.18 bits per heavy atom. The highest BCUT2D eigenvalue weighted by molar-refractivity contribution is 5.78. The monoisotopic (exact) mass is 302 g/mol. The van der Waals surface area contributed by atoms with Crippen LogP contribution in [0.5, 0.6) is 23.0 Å². The van der Waals surface area contributed by atoms with Crippen molar-refractivity contribution in [1.29, 1.82) is 0 Å². The number of hydrogen-bond acceptors (Lipinski definition) is 6. The van der Waals surface area contributed by atoms with E-state index in [4.69, 9.17) is 9.47 Å². The molecule has 0 unspecified atom stereocenters. The number of aromatic hydroxyl groups is 2. The second kappa shape index (κ2) is 6.17. The summed E-state index contributed by atoms with van der Waals surface area (Å²) in [6.45, 7) is 2.45. The van der Waals surface area contributed by atoms with Crippen molar-refractivity contribution in [2.24, 2.45) is 0 Å². The van der Waals surface area contributed by atoms with Crippen molar-refractivity contribution in [1.82, 2.24) is 0 Å². The zero-order chi connectivity index (χ0) is 16.3. The van der Waals surface area contributed by atoms with Gasteiger partial charge in [-0.25, -0.2) is 0 Å². The van der Waals surface area contributed by atoms with Gasteiger partial charge in [-0.3, -0.25) is 9.59 Å². The highest BCUT2D eigenvalue weighted by atomic mass is 16.6.